The molecule has 3 heteroatoms. The number of hydrogen-bond donors (Lipinski definition) is 0. The number of ether oxygens (including phenoxy) is 1. The van der Waals surface area contributed by atoms with Gasteiger partial charge in [-0.25, -0.2) is 0 Å². The van der Waals surface area contributed by atoms with Gasteiger partial charge in [-0.1, -0.05) is 70.9 Å². The summed E-state index contributed by atoms with van der Waals surface area (Å²) in [6.45, 7) is 5.74. The van der Waals surface area contributed by atoms with Gasteiger partial charge in [-0.05, 0) is 12.5 Å². The molecule has 0 saturated heterocycles. The molecule has 0 atom stereocenters. The van der Waals surface area contributed by atoms with Crippen LogP contribution in [0.1, 0.15) is 71.1 Å². The van der Waals surface area contributed by atoms with Crippen molar-refractivity contribution >= 4 is 57.4 Å². The van der Waals surface area contributed by atoms with Crippen molar-refractivity contribution in [3.05, 3.63) is 25.0 Å². The molecule has 0 spiro atoms. The van der Waals surface area contributed by atoms with Crippen molar-refractivity contribution in [2.75, 3.05) is 0 Å². The van der Waals surface area contributed by atoms with Gasteiger partial charge in [0.15, 0.2) is 0 Å². The van der Waals surface area contributed by atoms with Crippen molar-refractivity contribution in [1.29, 1.82) is 0 Å². The van der Waals surface area contributed by atoms with Gasteiger partial charge in [-0.15, -0.1) is 0 Å². The summed E-state index contributed by atoms with van der Waals surface area (Å²) < 4.78 is 4.86. The summed E-state index contributed by atoms with van der Waals surface area (Å²) in [6.07, 6.45) is 16.5. The summed E-state index contributed by atoms with van der Waals surface area (Å²) in [4.78, 5) is 11.2. The third-order valence-electron chi connectivity index (χ3n) is 2.90. The average Bonchev–Trinajstić information content (AvgIpc) is 2.37. The number of carbonyl (C=O) groups excluding carboxylic acids is 1. The first kappa shape index (κ1) is 21.9. The Kier molecular flexibility index (Phi) is 21.4. The number of esters is 1. The summed E-state index contributed by atoms with van der Waals surface area (Å²) in [5.74, 6) is -0.143. The fourth-order valence-corrected chi connectivity index (χ4v) is 1.81. The van der Waals surface area contributed by atoms with Crippen LogP contribution >= 0.6 is 0 Å². The zero-order valence-electron chi connectivity index (χ0n) is 11.8. The van der Waals surface area contributed by atoms with E-state index in [1.807, 2.05) is 0 Å². The van der Waals surface area contributed by atoms with Crippen molar-refractivity contribution in [3.63, 3.8) is 0 Å². The van der Waals surface area contributed by atoms with Crippen LogP contribution in [-0.4, -0.2) is 57.4 Å². The molecule has 0 radical (unpaired) electrons. The van der Waals surface area contributed by atoms with Gasteiger partial charge in [0.25, 0.3) is 0 Å². The molecule has 0 heterocycles. The van der Waals surface area contributed by atoms with Gasteiger partial charge in [0.1, 0.15) is 0 Å². The number of rotatable bonds is 12. The third-order valence-corrected chi connectivity index (χ3v) is 2.90. The molecule has 106 valence electrons. The van der Waals surface area contributed by atoms with Gasteiger partial charge in [0.05, 0.1) is 6.26 Å². The predicted octanol–water partition coefficient (Wildman–Crippen LogP) is 4.50. The summed E-state index contributed by atoms with van der Waals surface area (Å²) in [6, 6.07) is 0. The fraction of sp³-hybridized carbons (Fsp3) is 0.688. The number of hydrogen-bond acceptors (Lipinski definition) is 2. The normalized spacial score (nSPS) is 10.2. The molecule has 0 saturated carbocycles. The quantitative estimate of drug-likeness (QED) is 0.174. The molecular formula is C16H29KO2. The van der Waals surface area contributed by atoms with Crippen LogP contribution in [0, 0.1) is 0 Å². The minimum atomic E-state index is -0.143. The molecule has 2 nitrogen and oxygen atoms in total. The molecule has 0 aliphatic carbocycles. The van der Waals surface area contributed by atoms with Crippen molar-refractivity contribution in [3.8, 4) is 0 Å². The molecule has 0 unspecified atom stereocenters. The van der Waals surface area contributed by atoms with Crippen LogP contribution in [0.25, 0.3) is 0 Å². The van der Waals surface area contributed by atoms with E-state index in [2.05, 4.69) is 13.5 Å². The van der Waals surface area contributed by atoms with Gasteiger partial charge in [0.2, 0.25) is 0 Å². The summed E-state index contributed by atoms with van der Waals surface area (Å²) in [7, 11) is 0. The Hall–Kier alpha value is 0.586. The van der Waals surface area contributed by atoms with Gasteiger partial charge in [-0.2, -0.15) is 0 Å². The van der Waals surface area contributed by atoms with Crippen molar-refractivity contribution in [1.82, 2.24) is 0 Å². The molecule has 0 fully saturated rings. The van der Waals surface area contributed by atoms with E-state index >= 15 is 0 Å². The van der Waals surface area contributed by atoms with Crippen molar-refractivity contribution < 1.29 is 9.53 Å². The standard InChI is InChI=1S/C16H28O2.K.H/c1-3-5-7-8-9-10-11-12-13-14-16(17)18-15-6-4-2;;/h4,6,15H,2-3,5,7-14H2,1H3;;. The molecule has 0 rings (SSSR count). The van der Waals surface area contributed by atoms with Crippen LogP contribution in [0.15, 0.2) is 25.0 Å². The zero-order chi connectivity index (χ0) is 13.5. The number of unbranched alkanes of at least 4 members (excludes halogenated alkanes) is 8. The molecule has 0 N–H and O–H groups in total. The monoisotopic (exact) mass is 292 g/mol. The van der Waals surface area contributed by atoms with Crippen molar-refractivity contribution in [2.45, 2.75) is 71.1 Å². The van der Waals surface area contributed by atoms with Gasteiger partial charge < -0.3 is 4.74 Å². The van der Waals surface area contributed by atoms with Crippen LogP contribution in [0.4, 0.5) is 0 Å². The third kappa shape index (κ3) is 18.6. The first-order valence-electron chi connectivity index (χ1n) is 7.28. The van der Waals surface area contributed by atoms with Crippen LogP contribution in [-0.2, 0) is 9.53 Å². The molecule has 0 aromatic rings. The second kappa shape index (κ2) is 18.6. The van der Waals surface area contributed by atoms with E-state index in [0.29, 0.717) is 6.42 Å². The SMILES string of the molecule is C=CC=COC(=O)CCCCCCCCCCC.[KH]. The first-order chi connectivity index (χ1) is 8.81. The molecule has 19 heavy (non-hydrogen) atoms. The fourth-order valence-electron chi connectivity index (χ4n) is 1.81. The van der Waals surface area contributed by atoms with Crippen LogP contribution < -0.4 is 0 Å². The van der Waals surface area contributed by atoms with Gasteiger partial charge in [0, 0.05) is 6.42 Å². The summed E-state index contributed by atoms with van der Waals surface area (Å²) in [5.41, 5.74) is 0. The van der Waals surface area contributed by atoms with E-state index in [0.717, 1.165) is 12.8 Å². The van der Waals surface area contributed by atoms with E-state index in [1.54, 1.807) is 12.2 Å². The maximum atomic E-state index is 11.2. The zero-order valence-corrected chi connectivity index (χ0v) is 11.8. The Bertz CT molecular complexity index is 237. The molecule has 0 bridgehead atoms. The van der Waals surface area contributed by atoms with Crippen LogP contribution in [0.3, 0.4) is 0 Å². The van der Waals surface area contributed by atoms with E-state index in [-0.39, 0.29) is 57.4 Å². The average molecular weight is 293 g/mol. The molecule has 0 aliphatic heterocycles. The Morgan fingerprint density at radius 1 is 1.00 bits per heavy atom. The Balaban J connectivity index is 0. The van der Waals surface area contributed by atoms with Crippen molar-refractivity contribution in [2.24, 2.45) is 0 Å². The second-order valence-corrected chi connectivity index (χ2v) is 4.63. The van der Waals surface area contributed by atoms with E-state index in [9.17, 15) is 4.79 Å². The number of allylic oxidation sites excluding steroid dienone is 2. The number of carbonyl (C=O) groups is 1. The molecule has 0 aromatic carbocycles. The second-order valence-electron chi connectivity index (χ2n) is 4.63. The van der Waals surface area contributed by atoms with Gasteiger partial charge in [-0.3, -0.25) is 4.79 Å². The molecular weight excluding hydrogens is 263 g/mol. The Morgan fingerprint density at radius 3 is 2.05 bits per heavy atom. The van der Waals surface area contributed by atoms with E-state index in [4.69, 9.17) is 4.74 Å². The Morgan fingerprint density at radius 2 is 1.53 bits per heavy atom. The topological polar surface area (TPSA) is 26.3 Å². The Labute approximate surface area is 161 Å². The minimum absolute atomic E-state index is 0. The first-order valence-corrected chi connectivity index (χ1v) is 7.28. The summed E-state index contributed by atoms with van der Waals surface area (Å²) in [5, 5.41) is 0. The summed E-state index contributed by atoms with van der Waals surface area (Å²) >= 11 is 0. The van der Waals surface area contributed by atoms with Crippen LogP contribution in [0.2, 0.25) is 0 Å². The van der Waals surface area contributed by atoms with E-state index in [1.165, 1.54) is 51.2 Å². The molecule has 0 aromatic heterocycles. The van der Waals surface area contributed by atoms with E-state index < -0.39 is 0 Å². The van der Waals surface area contributed by atoms with Crippen LogP contribution in [0.5, 0.6) is 0 Å². The predicted molar refractivity (Wildman–Crippen MR) is 84.4 cm³/mol. The van der Waals surface area contributed by atoms with Gasteiger partial charge >= 0.3 is 57.4 Å². The molecule has 0 amide bonds. The molecule has 0 aliphatic rings. The maximum absolute atomic E-state index is 11.2.